The number of nitrogens with zero attached hydrogens (tertiary/aromatic N) is 1. The van der Waals surface area contributed by atoms with E-state index in [9.17, 15) is 19.5 Å². The maximum atomic E-state index is 12.6. The molecule has 6 nitrogen and oxygen atoms in total. The van der Waals surface area contributed by atoms with Crippen molar-refractivity contribution in [3.63, 3.8) is 0 Å². The van der Waals surface area contributed by atoms with Crippen molar-refractivity contribution in [2.75, 3.05) is 0 Å². The molecular weight excluding hydrogens is 272 g/mol. The fourth-order valence-electron chi connectivity index (χ4n) is 2.98. The number of hydrogen-bond acceptors (Lipinski definition) is 4. The summed E-state index contributed by atoms with van der Waals surface area (Å²) >= 11 is 0. The Bertz CT molecular complexity index is 670. The van der Waals surface area contributed by atoms with Gasteiger partial charge in [0.1, 0.15) is 5.54 Å². The summed E-state index contributed by atoms with van der Waals surface area (Å²) in [5.41, 5.74) is 1.17. The Morgan fingerprint density at radius 2 is 2.05 bits per heavy atom. The smallest absolute Gasteiger partial charge is 0.255 e. The number of aryl methyl sites for hydroxylation is 1. The van der Waals surface area contributed by atoms with Gasteiger partial charge in [0.15, 0.2) is 12.0 Å². The highest BCUT2D eigenvalue weighted by Gasteiger charge is 2.51. The largest absolute Gasteiger partial charge is 0.367 e. The number of carbonyl (C=O) groups is 3. The van der Waals surface area contributed by atoms with E-state index in [4.69, 9.17) is 0 Å². The second kappa shape index (κ2) is 4.39. The number of aliphatic hydroxyl groups excluding tert-OH is 1. The summed E-state index contributed by atoms with van der Waals surface area (Å²) in [6, 6.07) is 5.44. The molecular formula is C15H16N2O4. The van der Waals surface area contributed by atoms with Crippen LogP contribution in [0.4, 0.5) is 0 Å². The molecule has 0 radical (unpaired) electrons. The number of nitrogens with one attached hydrogen (secondary N) is 1. The zero-order valence-electron chi connectivity index (χ0n) is 11.8. The average Bonchev–Trinajstić information content (AvgIpc) is 2.77. The minimum atomic E-state index is -1.48. The molecule has 2 unspecified atom stereocenters. The van der Waals surface area contributed by atoms with Gasteiger partial charge in [-0.2, -0.15) is 0 Å². The lowest BCUT2D eigenvalue weighted by Crippen LogP contribution is -2.65. The summed E-state index contributed by atoms with van der Waals surface area (Å²) in [4.78, 5) is 38.0. The van der Waals surface area contributed by atoms with Gasteiger partial charge in [-0.25, -0.2) is 0 Å². The minimum absolute atomic E-state index is 0.182. The van der Waals surface area contributed by atoms with Gasteiger partial charge < -0.3 is 15.3 Å². The molecule has 2 aliphatic rings. The third kappa shape index (κ3) is 1.86. The van der Waals surface area contributed by atoms with Crippen LogP contribution in [0.5, 0.6) is 0 Å². The van der Waals surface area contributed by atoms with E-state index in [-0.39, 0.29) is 12.3 Å². The van der Waals surface area contributed by atoms with E-state index in [0.717, 1.165) is 11.1 Å². The molecule has 110 valence electrons. The molecule has 1 aromatic rings. The van der Waals surface area contributed by atoms with Gasteiger partial charge in [-0.05, 0) is 31.0 Å². The first-order valence-electron chi connectivity index (χ1n) is 6.77. The second-order valence-corrected chi connectivity index (χ2v) is 5.79. The molecule has 2 amide bonds. The van der Waals surface area contributed by atoms with Crippen LogP contribution in [-0.2, 0) is 16.1 Å². The number of hydrogen-bond donors (Lipinski definition) is 2. The van der Waals surface area contributed by atoms with Gasteiger partial charge in [0.05, 0.1) is 0 Å². The Balaban J connectivity index is 1.99. The lowest BCUT2D eigenvalue weighted by Gasteiger charge is -2.40. The van der Waals surface area contributed by atoms with E-state index in [1.165, 1.54) is 4.90 Å². The molecule has 0 aromatic heterocycles. The van der Waals surface area contributed by atoms with Crippen molar-refractivity contribution >= 4 is 17.6 Å². The molecule has 0 saturated carbocycles. The predicted octanol–water partition coefficient (Wildman–Crippen LogP) is 0.117. The van der Waals surface area contributed by atoms with Gasteiger partial charge in [0, 0.05) is 18.5 Å². The maximum absolute atomic E-state index is 12.6. The van der Waals surface area contributed by atoms with Crippen LogP contribution < -0.4 is 5.32 Å². The highest BCUT2D eigenvalue weighted by molar-refractivity contribution is 6.06. The fraction of sp³-hybridized carbons (Fsp3) is 0.400. The van der Waals surface area contributed by atoms with Crippen molar-refractivity contribution in [2.24, 2.45) is 0 Å². The summed E-state index contributed by atoms with van der Waals surface area (Å²) in [7, 11) is 0. The molecule has 2 atom stereocenters. The van der Waals surface area contributed by atoms with Crippen LogP contribution in [0.1, 0.15) is 34.8 Å². The Morgan fingerprint density at radius 3 is 2.71 bits per heavy atom. The van der Waals surface area contributed by atoms with Crippen LogP contribution in [-0.4, -0.2) is 39.4 Å². The molecule has 2 aliphatic heterocycles. The number of fused-ring (bicyclic) bond motifs is 1. The fourth-order valence-corrected chi connectivity index (χ4v) is 2.98. The maximum Gasteiger partial charge on any atom is 0.255 e. The standard InChI is InChI=1S/C15H16N2O4/c1-8-4-3-5-9-10(8)7-17(13(9)20)15(2)6-11(18)12(19)16-14(15)21/h3-5,12,19H,6-7H2,1-2H3,(H,16,21). The molecule has 2 N–H and O–H groups in total. The monoisotopic (exact) mass is 288 g/mol. The molecule has 0 spiro atoms. The third-order valence-corrected chi connectivity index (χ3v) is 4.38. The summed E-state index contributed by atoms with van der Waals surface area (Å²) in [6.07, 6.45) is -1.66. The number of carbonyl (C=O) groups excluding carboxylic acids is 3. The van der Waals surface area contributed by atoms with E-state index >= 15 is 0 Å². The first-order valence-corrected chi connectivity index (χ1v) is 6.77. The molecule has 1 saturated heterocycles. The van der Waals surface area contributed by atoms with Crippen LogP contribution in [0.25, 0.3) is 0 Å². The number of Topliss-reactive ketones (excluding diaryl/α,β-unsaturated/α-hetero) is 1. The van der Waals surface area contributed by atoms with Gasteiger partial charge >= 0.3 is 0 Å². The number of ketones is 1. The van der Waals surface area contributed by atoms with Crippen LogP contribution >= 0.6 is 0 Å². The van der Waals surface area contributed by atoms with Crippen LogP contribution in [0, 0.1) is 6.92 Å². The summed E-state index contributed by atoms with van der Waals surface area (Å²) in [5.74, 6) is -1.25. The zero-order chi connectivity index (χ0) is 15.4. The first-order chi connectivity index (χ1) is 9.84. The lowest BCUT2D eigenvalue weighted by atomic mass is 9.88. The van der Waals surface area contributed by atoms with Crippen molar-refractivity contribution in [1.29, 1.82) is 0 Å². The summed E-state index contributed by atoms with van der Waals surface area (Å²) < 4.78 is 0. The van der Waals surface area contributed by atoms with Crippen molar-refractivity contribution in [2.45, 2.75) is 38.6 Å². The van der Waals surface area contributed by atoms with E-state index < -0.39 is 23.5 Å². The van der Waals surface area contributed by atoms with Crippen molar-refractivity contribution in [1.82, 2.24) is 10.2 Å². The van der Waals surface area contributed by atoms with Gasteiger partial charge in [-0.15, -0.1) is 0 Å². The van der Waals surface area contributed by atoms with Gasteiger partial charge in [0.25, 0.3) is 5.91 Å². The van der Waals surface area contributed by atoms with Crippen LogP contribution in [0.3, 0.4) is 0 Å². The molecule has 1 fully saturated rings. The predicted molar refractivity (Wildman–Crippen MR) is 73.2 cm³/mol. The molecule has 21 heavy (non-hydrogen) atoms. The van der Waals surface area contributed by atoms with Gasteiger partial charge in [0.2, 0.25) is 5.91 Å². The first kappa shape index (κ1) is 13.8. The SMILES string of the molecule is Cc1cccc2c1CN(C1(C)CC(=O)C(O)NC1=O)C2=O. The summed E-state index contributed by atoms with van der Waals surface area (Å²) in [6.45, 7) is 3.77. The molecule has 0 bridgehead atoms. The lowest BCUT2D eigenvalue weighted by molar-refractivity contribution is -0.150. The highest BCUT2D eigenvalue weighted by Crippen LogP contribution is 2.34. The topological polar surface area (TPSA) is 86.7 Å². The second-order valence-electron chi connectivity index (χ2n) is 5.79. The van der Waals surface area contributed by atoms with Gasteiger partial charge in [-0.3, -0.25) is 14.4 Å². The van der Waals surface area contributed by atoms with Crippen molar-refractivity contribution in [3.05, 3.63) is 34.9 Å². The number of aliphatic hydroxyl groups is 1. The Kier molecular flexibility index (Phi) is 2.88. The van der Waals surface area contributed by atoms with E-state index in [0.29, 0.717) is 12.1 Å². The number of rotatable bonds is 1. The Labute approximate surface area is 121 Å². The highest BCUT2D eigenvalue weighted by atomic mass is 16.3. The molecule has 2 heterocycles. The van der Waals surface area contributed by atoms with Crippen LogP contribution in [0.15, 0.2) is 18.2 Å². The van der Waals surface area contributed by atoms with Crippen molar-refractivity contribution in [3.8, 4) is 0 Å². The third-order valence-electron chi connectivity index (χ3n) is 4.38. The zero-order valence-corrected chi connectivity index (χ0v) is 11.8. The molecule has 3 rings (SSSR count). The minimum Gasteiger partial charge on any atom is -0.367 e. The Morgan fingerprint density at radius 1 is 1.33 bits per heavy atom. The summed E-state index contributed by atoms with van der Waals surface area (Å²) in [5, 5.41) is 11.7. The van der Waals surface area contributed by atoms with Gasteiger partial charge in [-0.1, -0.05) is 12.1 Å². The van der Waals surface area contributed by atoms with E-state index in [2.05, 4.69) is 5.32 Å². The molecule has 1 aromatic carbocycles. The van der Waals surface area contributed by atoms with Crippen LogP contribution in [0.2, 0.25) is 0 Å². The molecule has 6 heteroatoms. The molecule has 0 aliphatic carbocycles. The average molecular weight is 288 g/mol. The number of amides is 2. The van der Waals surface area contributed by atoms with E-state index in [1.54, 1.807) is 19.1 Å². The van der Waals surface area contributed by atoms with E-state index in [1.807, 2.05) is 13.0 Å². The normalized spacial score (nSPS) is 28.6. The number of benzene rings is 1. The Hall–Kier alpha value is -2.21. The van der Waals surface area contributed by atoms with Crippen molar-refractivity contribution < 1.29 is 19.5 Å². The quantitative estimate of drug-likeness (QED) is 0.768. The number of piperidine rings is 1.